The van der Waals surface area contributed by atoms with Crippen LogP contribution in [0.3, 0.4) is 0 Å². The van der Waals surface area contributed by atoms with Gasteiger partial charge in [-0.05, 0) is 99.3 Å². The number of imide groups is 2. The number of hydrogen-bond acceptors (Lipinski definition) is 4. The van der Waals surface area contributed by atoms with Gasteiger partial charge in [0, 0.05) is 10.6 Å². The molecule has 0 unspecified atom stereocenters. The minimum atomic E-state index is -0.837. The van der Waals surface area contributed by atoms with Gasteiger partial charge in [0.25, 0.3) is 11.8 Å². The summed E-state index contributed by atoms with van der Waals surface area (Å²) in [5, 5.41) is 2.64. The number of urea groups is 1. The molecule has 0 atom stereocenters. The third kappa shape index (κ3) is 5.26. The second kappa shape index (κ2) is 10.4. The molecule has 6 nitrogen and oxygen atoms in total. The molecule has 0 spiro atoms. The molecular formula is C24H14ClFI2N2O4. The van der Waals surface area contributed by atoms with Crippen molar-refractivity contribution in [1.29, 1.82) is 0 Å². The maximum absolute atomic E-state index is 13.9. The van der Waals surface area contributed by atoms with Crippen LogP contribution in [0.1, 0.15) is 11.1 Å². The second-order valence-corrected chi connectivity index (χ2v) is 9.89. The van der Waals surface area contributed by atoms with Crippen molar-refractivity contribution in [3.05, 3.63) is 95.3 Å². The summed E-state index contributed by atoms with van der Waals surface area (Å²) in [6.45, 7) is 0.0537. The summed E-state index contributed by atoms with van der Waals surface area (Å²) >= 11 is 10.0. The molecule has 1 saturated heterocycles. The van der Waals surface area contributed by atoms with E-state index in [2.05, 4.69) is 50.5 Å². The number of carbonyl (C=O) groups is 3. The summed E-state index contributed by atoms with van der Waals surface area (Å²) in [5.74, 6) is -1.33. The Morgan fingerprint density at radius 1 is 1.00 bits per heavy atom. The average Bonchev–Trinajstić information content (AvgIpc) is 2.78. The van der Waals surface area contributed by atoms with Crippen LogP contribution in [0.5, 0.6) is 5.75 Å². The van der Waals surface area contributed by atoms with Gasteiger partial charge in [-0.1, -0.05) is 29.8 Å². The van der Waals surface area contributed by atoms with E-state index in [-0.39, 0.29) is 23.7 Å². The Morgan fingerprint density at radius 3 is 2.29 bits per heavy atom. The highest BCUT2D eigenvalue weighted by molar-refractivity contribution is 14.1. The largest absolute Gasteiger partial charge is 0.487 e. The molecule has 0 bridgehead atoms. The normalized spacial score (nSPS) is 15.0. The predicted molar refractivity (Wildman–Crippen MR) is 143 cm³/mol. The maximum atomic E-state index is 13.9. The fraction of sp³-hybridized carbons (Fsp3) is 0.0417. The van der Waals surface area contributed by atoms with E-state index < -0.39 is 17.8 Å². The van der Waals surface area contributed by atoms with E-state index in [1.54, 1.807) is 42.5 Å². The number of rotatable bonds is 5. The van der Waals surface area contributed by atoms with Crippen LogP contribution in [0.2, 0.25) is 5.02 Å². The first-order valence-corrected chi connectivity index (χ1v) is 12.3. The van der Waals surface area contributed by atoms with E-state index >= 15 is 0 Å². The van der Waals surface area contributed by atoms with Gasteiger partial charge in [0.1, 0.15) is 23.7 Å². The molecule has 0 aliphatic carbocycles. The van der Waals surface area contributed by atoms with Crippen molar-refractivity contribution in [3.63, 3.8) is 0 Å². The van der Waals surface area contributed by atoms with E-state index in [0.29, 0.717) is 29.0 Å². The molecule has 1 N–H and O–H groups in total. The number of nitrogens with one attached hydrogen (secondary N) is 1. The van der Waals surface area contributed by atoms with Gasteiger partial charge in [0.05, 0.1) is 12.8 Å². The van der Waals surface area contributed by atoms with E-state index in [1.165, 1.54) is 24.3 Å². The Balaban J connectivity index is 1.61. The number of carbonyl (C=O) groups excluding carboxylic acids is 3. The van der Waals surface area contributed by atoms with Crippen LogP contribution in [-0.4, -0.2) is 17.8 Å². The Bertz CT molecular complexity index is 1320. The number of hydrogen-bond donors (Lipinski definition) is 1. The lowest BCUT2D eigenvalue weighted by Gasteiger charge is -2.26. The molecule has 172 valence electrons. The lowest BCUT2D eigenvalue weighted by molar-refractivity contribution is -0.122. The van der Waals surface area contributed by atoms with Crippen LogP contribution in [0, 0.1) is 13.0 Å². The lowest BCUT2D eigenvalue weighted by atomic mass is 10.1. The third-order valence-corrected chi connectivity index (χ3v) is 6.70. The summed E-state index contributed by atoms with van der Waals surface area (Å²) in [6, 6.07) is 15.1. The number of barbiturate groups is 1. The summed E-state index contributed by atoms with van der Waals surface area (Å²) in [7, 11) is 0. The Hall–Kier alpha value is -2.51. The van der Waals surface area contributed by atoms with Crippen LogP contribution in [-0.2, 0) is 16.2 Å². The van der Waals surface area contributed by atoms with Crippen molar-refractivity contribution in [2.24, 2.45) is 0 Å². The van der Waals surface area contributed by atoms with Crippen LogP contribution in [0.25, 0.3) is 6.08 Å². The van der Waals surface area contributed by atoms with Crippen LogP contribution in [0.15, 0.2) is 66.2 Å². The van der Waals surface area contributed by atoms with Crippen LogP contribution >= 0.6 is 56.8 Å². The van der Waals surface area contributed by atoms with E-state index in [0.717, 1.165) is 4.90 Å². The highest BCUT2D eigenvalue weighted by Gasteiger charge is 2.36. The SMILES string of the molecule is O=C1NC(=O)N(c2ccc(Cl)cc2)C(=O)/C1=C/c1cc(I)c(OCc2ccccc2F)c(I)c1. The number of ether oxygens (including phenoxy) is 1. The molecule has 1 fully saturated rings. The van der Waals surface area contributed by atoms with Gasteiger partial charge in [-0.2, -0.15) is 0 Å². The smallest absolute Gasteiger partial charge is 0.335 e. The van der Waals surface area contributed by atoms with Gasteiger partial charge in [0.15, 0.2) is 0 Å². The monoisotopic (exact) mass is 702 g/mol. The third-order valence-electron chi connectivity index (χ3n) is 4.85. The average molecular weight is 703 g/mol. The molecule has 0 aromatic heterocycles. The number of halogens is 4. The first-order chi connectivity index (χ1) is 16.2. The van der Waals surface area contributed by atoms with Crippen molar-refractivity contribution in [2.45, 2.75) is 6.61 Å². The topological polar surface area (TPSA) is 75.7 Å². The summed E-state index contributed by atoms with van der Waals surface area (Å²) in [6.07, 6.45) is 1.41. The second-order valence-electron chi connectivity index (χ2n) is 7.13. The van der Waals surface area contributed by atoms with Gasteiger partial charge in [-0.25, -0.2) is 14.1 Å². The van der Waals surface area contributed by atoms with Gasteiger partial charge >= 0.3 is 6.03 Å². The molecule has 0 radical (unpaired) electrons. The van der Waals surface area contributed by atoms with Crippen molar-refractivity contribution in [3.8, 4) is 5.75 Å². The number of amides is 4. The highest BCUT2D eigenvalue weighted by atomic mass is 127. The Morgan fingerprint density at radius 2 is 1.65 bits per heavy atom. The first-order valence-electron chi connectivity index (χ1n) is 9.77. The van der Waals surface area contributed by atoms with Crippen LogP contribution in [0.4, 0.5) is 14.9 Å². The molecule has 3 aromatic rings. The van der Waals surface area contributed by atoms with Gasteiger partial charge in [0.2, 0.25) is 0 Å². The molecule has 1 heterocycles. The molecular weight excluding hydrogens is 689 g/mol. The minimum Gasteiger partial charge on any atom is -0.487 e. The fourth-order valence-electron chi connectivity index (χ4n) is 3.21. The first kappa shape index (κ1) is 24.6. The number of anilines is 1. The highest BCUT2D eigenvalue weighted by Crippen LogP contribution is 2.31. The maximum Gasteiger partial charge on any atom is 0.335 e. The zero-order chi connectivity index (χ0) is 24.4. The van der Waals surface area contributed by atoms with Gasteiger partial charge in [-0.15, -0.1) is 0 Å². The van der Waals surface area contributed by atoms with Crippen molar-refractivity contribution >= 4 is 86.4 Å². The molecule has 4 rings (SSSR count). The van der Waals surface area contributed by atoms with Gasteiger partial charge in [-0.3, -0.25) is 14.9 Å². The van der Waals surface area contributed by atoms with E-state index in [4.69, 9.17) is 16.3 Å². The molecule has 10 heteroatoms. The minimum absolute atomic E-state index is 0.0537. The molecule has 34 heavy (non-hydrogen) atoms. The van der Waals surface area contributed by atoms with Gasteiger partial charge < -0.3 is 4.74 Å². The quantitative estimate of drug-likeness (QED) is 0.203. The molecule has 4 amide bonds. The molecule has 0 saturated carbocycles. The van der Waals surface area contributed by atoms with E-state index in [1.807, 2.05) is 0 Å². The number of benzene rings is 3. The molecule has 3 aromatic carbocycles. The lowest BCUT2D eigenvalue weighted by Crippen LogP contribution is -2.54. The Labute approximate surface area is 226 Å². The predicted octanol–water partition coefficient (Wildman–Crippen LogP) is 5.93. The fourth-order valence-corrected chi connectivity index (χ4v) is 5.47. The van der Waals surface area contributed by atoms with Crippen molar-refractivity contribution in [1.82, 2.24) is 5.32 Å². The molecule has 1 aliphatic rings. The standard InChI is InChI=1S/C24H14ClFI2N2O4/c25-15-5-7-16(8-6-15)30-23(32)17(22(31)29-24(30)33)9-13-10-19(27)21(20(28)11-13)34-12-14-3-1-2-4-18(14)26/h1-11H,12H2,(H,29,31,33)/b17-9+. The summed E-state index contributed by atoms with van der Waals surface area (Å²) in [5.41, 5.74) is 1.08. The zero-order valence-corrected chi connectivity index (χ0v) is 22.2. The molecule has 1 aliphatic heterocycles. The van der Waals surface area contributed by atoms with Crippen LogP contribution < -0.4 is 15.0 Å². The number of nitrogens with zero attached hydrogens (tertiary/aromatic N) is 1. The van der Waals surface area contributed by atoms with E-state index in [9.17, 15) is 18.8 Å². The zero-order valence-electron chi connectivity index (χ0n) is 17.2. The summed E-state index contributed by atoms with van der Waals surface area (Å²) in [4.78, 5) is 38.7. The van der Waals surface area contributed by atoms with Crippen molar-refractivity contribution < 1.29 is 23.5 Å². The van der Waals surface area contributed by atoms with Crippen molar-refractivity contribution in [2.75, 3.05) is 4.90 Å². The summed E-state index contributed by atoms with van der Waals surface area (Å²) < 4.78 is 21.2. The Kier molecular flexibility index (Phi) is 7.53.